The fraction of sp³-hybridized carbons (Fsp3) is 0.111. The van der Waals surface area contributed by atoms with Crippen molar-refractivity contribution >= 4 is 5.82 Å². The number of rotatable bonds is 4. The molecule has 1 heterocycles. The van der Waals surface area contributed by atoms with Crippen molar-refractivity contribution in [3.05, 3.63) is 78.0 Å². The Labute approximate surface area is 124 Å². The number of nitrogens with zero attached hydrogens (tertiary/aromatic N) is 2. The molecule has 0 atom stereocenters. The Morgan fingerprint density at radius 3 is 2.24 bits per heavy atom. The smallest absolute Gasteiger partial charge is 0.161 e. The molecule has 21 heavy (non-hydrogen) atoms. The van der Waals surface area contributed by atoms with Gasteiger partial charge >= 0.3 is 0 Å². The first-order valence-corrected chi connectivity index (χ1v) is 7.00. The van der Waals surface area contributed by atoms with Crippen LogP contribution in [0.3, 0.4) is 0 Å². The van der Waals surface area contributed by atoms with E-state index < -0.39 is 0 Å². The molecule has 1 aromatic heterocycles. The molecule has 0 fully saturated rings. The van der Waals surface area contributed by atoms with Gasteiger partial charge in [-0.2, -0.15) is 0 Å². The summed E-state index contributed by atoms with van der Waals surface area (Å²) in [7, 11) is 0. The average Bonchev–Trinajstić information content (AvgIpc) is 2.54. The highest BCUT2D eigenvalue weighted by molar-refractivity contribution is 5.57. The Morgan fingerprint density at radius 2 is 1.52 bits per heavy atom. The Kier molecular flexibility index (Phi) is 3.92. The third-order valence-corrected chi connectivity index (χ3v) is 3.20. The van der Waals surface area contributed by atoms with Gasteiger partial charge in [0.1, 0.15) is 5.82 Å². The Balaban J connectivity index is 1.82. The largest absolute Gasteiger partial charge is 0.366 e. The van der Waals surface area contributed by atoms with E-state index >= 15 is 0 Å². The zero-order valence-electron chi connectivity index (χ0n) is 12.0. The number of hydrogen-bond acceptors (Lipinski definition) is 3. The molecule has 0 amide bonds. The van der Waals surface area contributed by atoms with Crippen LogP contribution in [0.2, 0.25) is 0 Å². The zero-order valence-corrected chi connectivity index (χ0v) is 12.0. The van der Waals surface area contributed by atoms with E-state index in [1.165, 1.54) is 5.56 Å². The lowest BCUT2D eigenvalue weighted by molar-refractivity contribution is 1.06. The summed E-state index contributed by atoms with van der Waals surface area (Å²) >= 11 is 0. The van der Waals surface area contributed by atoms with E-state index in [2.05, 4.69) is 27.4 Å². The first-order chi connectivity index (χ1) is 10.3. The summed E-state index contributed by atoms with van der Waals surface area (Å²) < 4.78 is 0. The van der Waals surface area contributed by atoms with Crippen molar-refractivity contribution in [2.75, 3.05) is 5.32 Å². The molecule has 3 rings (SSSR count). The second-order valence-corrected chi connectivity index (χ2v) is 4.92. The summed E-state index contributed by atoms with van der Waals surface area (Å²) in [6, 6.07) is 22.3. The highest BCUT2D eigenvalue weighted by Gasteiger charge is 2.04. The van der Waals surface area contributed by atoms with Gasteiger partial charge in [0.25, 0.3) is 0 Å². The molecular weight excluding hydrogens is 258 g/mol. The highest BCUT2D eigenvalue weighted by Crippen LogP contribution is 2.17. The maximum Gasteiger partial charge on any atom is 0.161 e. The lowest BCUT2D eigenvalue weighted by atomic mass is 10.2. The highest BCUT2D eigenvalue weighted by atomic mass is 15.0. The summed E-state index contributed by atoms with van der Waals surface area (Å²) in [4.78, 5) is 9.10. The quantitative estimate of drug-likeness (QED) is 0.780. The monoisotopic (exact) mass is 275 g/mol. The van der Waals surface area contributed by atoms with Crippen molar-refractivity contribution in [3.8, 4) is 11.4 Å². The first kappa shape index (κ1) is 13.3. The molecule has 0 aliphatic carbocycles. The molecule has 0 saturated heterocycles. The van der Waals surface area contributed by atoms with Gasteiger partial charge < -0.3 is 5.32 Å². The first-order valence-electron chi connectivity index (χ1n) is 7.00. The third kappa shape index (κ3) is 3.45. The lowest BCUT2D eigenvalue weighted by Gasteiger charge is -2.09. The fourth-order valence-electron chi connectivity index (χ4n) is 2.16. The maximum atomic E-state index is 4.60. The Morgan fingerprint density at radius 1 is 0.857 bits per heavy atom. The summed E-state index contributed by atoms with van der Waals surface area (Å²) in [5.41, 5.74) is 3.22. The summed E-state index contributed by atoms with van der Waals surface area (Å²) in [5, 5.41) is 3.36. The van der Waals surface area contributed by atoms with E-state index in [-0.39, 0.29) is 0 Å². The van der Waals surface area contributed by atoms with Gasteiger partial charge in [-0.1, -0.05) is 60.7 Å². The van der Waals surface area contributed by atoms with Crippen molar-refractivity contribution in [1.29, 1.82) is 0 Å². The minimum absolute atomic E-state index is 0.755. The summed E-state index contributed by atoms with van der Waals surface area (Å²) in [5.74, 6) is 1.61. The molecule has 0 bridgehead atoms. The van der Waals surface area contributed by atoms with Gasteiger partial charge in [0.2, 0.25) is 0 Å². The average molecular weight is 275 g/mol. The standard InChI is InChI=1S/C18H17N3/c1-14-12-17(19-13-15-8-4-2-5-9-15)21-18(20-14)16-10-6-3-7-11-16/h2-12H,13H2,1H3,(H,19,20,21). The van der Waals surface area contributed by atoms with Gasteiger partial charge in [-0.3, -0.25) is 0 Å². The Hall–Kier alpha value is -2.68. The predicted octanol–water partition coefficient (Wildman–Crippen LogP) is 4.06. The second kappa shape index (κ2) is 6.18. The van der Waals surface area contributed by atoms with Gasteiger partial charge in [-0.25, -0.2) is 9.97 Å². The molecule has 0 aliphatic rings. The minimum atomic E-state index is 0.755. The van der Waals surface area contributed by atoms with E-state index in [4.69, 9.17) is 0 Å². The molecule has 0 spiro atoms. The topological polar surface area (TPSA) is 37.8 Å². The van der Waals surface area contributed by atoms with Crippen LogP contribution in [0.5, 0.6) is 0 Å². The van der Waals surface area contributed by atoms with E-state index in [9.17, 15) is 0 Å². The normalized spacial score (nSPS) is 10.3. The van der Waals surface area contributed by atoms with Gasteiger partial charge in [0.05, 0.1) is 0 Å². The van der Waals surface area contributed by atoms with Gasteiger partial charge in [-0.15, -0.1) is 0 Å². The summed E-state index contributed by atoms with van der Waals surface area (Å²) in [6.45, 7) is 2.74. The van der Waals surface area contributed by atoms with Crippen molar-refractivity contribution in [2.45, 2.75) is 13.5 Å². The van der Waals surface area contributed by atoms with Crippen LogP contribution in [0.1, 0.15) is 11.3 Å². The molecule has 2 aromatic carbocycles. The van der Waals surface area contributed by atoms with Crippen molar-refractivity contribution in [2.24, 2.45) is 0 Å². The molecule has 3 nitrogen and oxygen atoms in total. The van der Waals surface area contributed by atoms with Crippen LogP contribution < -0.4 is 5.32 Å². The van der Waals surface area contributed by atoms with Gasteiger partial charge in [0.15, 0.2) is 5.82 Å². The molecule has 3 heteroatoms. The molecule has 0 radical (unpaired) electrons. The van der Waals surface area contributed by atoms with E-state index in [0.29, 0.717) is 0 Å². The van der Waals surface area contributed by atoms with E-state index in [0.717, 1.165) is 29.4 Å². The van der Waals surface area contributed by atoms with Gasteiger partial charge in [0, 0.05) is 23.9 Å². The molecule has 0 saturated carbocycles. The maximum absolute atomic E-state index is 4.60. The van der Waals surface area contributed by atoms with Crippen LogP contribution in [-0.2, 0) is 6.54 Å². The van der Waals surface area contributed by atoms with Crippen molar-refractivity contribution in [3.63, 3.8) is 0 Å². The van der Waals surface area contributed by atoms with Crippen molar-refractivity contribution < 1.29 is 0 Å². The van der Waals surface area contributed by atoms with Crippen LogP contribution >= 0.6 is 0 Å². The third-order valence-electron chi connectivity index (χ3n) is 3.20. The molecular formula is C18H17N3. The lowest BCUT2D eigenvalue weighted by Crippen LogP contribution is -2.03. The number of nitrogens with one attached hydrogen (secondary N) is 1. The molecule has 104 valence electrons. The second-order valence-electron chi connectivity index (χ2n) is 4.92. The van der Waals surface area contributed by atoms with Crippen LogP contribution in [0.4, 0.5) is 5.82 Å². The number of aromatic nitrogens is 2. The molecule has 0 unspecified atom stereocenters. The molecule has 0 aliphatic heterocycles. The van der Waals surface area contributed by atoms with Crippen molar-refractivity contribution in [1.82, 2.24) is 9.97 Å². The zero-order chi connectivity index (χ0) is 14.5. The number of aryl methyl sites for hydroxylation is 1. The SMILES string of the molecule is Cc1cc(NCc2ccccc2)nc(-c2ccccc2)n1. The van der Waals surface area contributed by atoms with E-state index in [1.54, 1.807) is 0 Å². The number of benzene rings is 2. The number of anilines is 1. The van der Waals surface area contributed by atoms with Gasteiger partial charge in [-0.05, 0) is 12.5 Å². The fourth-order valence-corrected chi connectivity index (χ4v) is 2.16. The predicted molar refractivity (Wildman–Crippen MR) is 86.0 cm³/mol. The molecule has 3 aromatic rings. The van der Waals surface area contributed by atoms with E-state index in [1.807, 2.05) is 61.5 Å². The van der Waals surface area contributed by atoms with Crippen LogP contribution in [0.15, 0.2) is 66.7 Å². The minimum Gasteiger partial charge on any atom is -0.366 e. The molecule has 1 N–H and O–H groups in total. The Bertz CT molecular complexity index is 709. The summed E-state index contributed by atoms with van der Waals surface area (Å²) in [6.07, 6.45) is 0. The van der Waals surface area contributed by atoms with Crippen LogP contribution in [0.25, 0.3) is 11.4 Å². The van der Waals surface area contributed by atoms with Crippen LogP contribution in [-0.4, -0.2) is 9.97 Å². The number of hydrogen-bond donors (Lipinski definition) is 1. The van der Waals surface area contributed by atoms with Crippen LogP contribution in [0, 0.1) is 6.92 Å².